The standard InChI is InChI=1S/C22H36N2O4Si/c1-21(2,3)28-20(26)24(7)13-16-10-15(11-17-18(16)12-23-19(17)25)14-27-29(8,9)22(4,5)6/h10-11H,12-14H2,1-9H3,(H,23,25). The fourth-order valence-electron chi connectivity index (χ4n) is 2.84. The molecule has 0 spiro atoms. The SMILES string of the molecule is CN(Cc1cc(CO[Si](C)(C)C(C)(C)C)cc2c1CNC2=O)C(=O)OC(C)(C)C. The van der Waals surface area contributed by atoms with Crippen LogP contribution in [-0.4, -0.2) is 37.9 Å². The van der Waals surface area contributed by atoms with Crippen molar-refractivity contribution in [3.05, 3.63) is 34.4 Å². The molecule has 7 heteroatoms. The molecule has 6 nitrogen and oxygen atoms in total. The van der Waals surface area contributed by atoms with E-state index in [1.807, 2.05) is 32.9 Å². The van der Waals surface area contributed by atoms with Crippen LogP contribution in [0.15, 0.2) is 12.1 Å². The zero-order valence-corrected chi connectivity index (χ0v) is 20.4. The van der Waals surface area contributed by atoms with Gasteiger partial charge >= 0.3 is 6.09 Å². The van der Waals surface area contributed by atoms with Crippen molar-refractivity contribution in [3.63, 3.8) is 0 Å². The summed E-state index contributed by atoms with van der Waals surface area (Å²) >= 11 is 0. The number of benzene rings is 1. The van der Waals surface area contributed by atoms with E-state index >= 15 is 0 Å². The molecule has 1 aliphatic rings. The molecule has 0 saturated heterocycles. The first-order valence-electron chi connectivity index (χ1n) is 10.1. The third kappa shape index (κ3) is 5.82. The second-order valence-electron chi connectivity index (χ2n) is 10.3. The lowest BCUT2D eigenvalue weighted by Gasteiger charge is -2.36. The van der Waals surface area contributed by atoms with Crippen LogP contribution >= 0.6 is 0 Å². The van der Waals surface area contributed by atoms with Crippen LogP contribution < -0.4 is 5.32 Å². The normalized spacial score (nSPS) is 14.4. The Kier molecular flexibility index (Phi) is 6.55. The van der Waals surface area contributed by atoms with Crippen molar-refractivity contribution in [3.8, 4) is 0 Å². The maximum Gasteiger partial charge on any atom is 0.410 e. The largest absolute Gasteiger partial charge is 0.444 e. The first-order valence-corrected chi connectivity index (χ1v) is 13.0. The first kappa shape index (κ1) is 23.4. The number of nitrogens with zero attached hydrogens (tertiary/aromatic N) is 1. The van der Waals surface area contributed by atoms with E-state index in [0.717, 1.165) is 16.7 Å². The summed E-state index contributed by atoms with van der Waals surface area (Å²) in [5.74, 6) is -0.0738. The van der Waals surface area contributed by atoms with Crippen LogP contribution in [0.1, 0.15) is 68.6 Å². The third-order valence-corrected chi connectivity index (χ3v) is 10.1. The predicted molar refractivity (Wildman–Crippen MR) is 117 cm³/mol. The van der Waals surface area contributed by atoms with E-state index in [9.17, 15) is 9.59 Å². The van der Waals surface area contributed by atoms with Gasteiger partial charge in [0.15, 0.2) is 8.32 Å². The molecule has 0 fully saturated rings. The molecule has 0 saturated carbocycles. The first-order chi connectivity index (χ1) is 13.1. The summed E-state index contributed by atoms with van der Waals surface area (Å²) in [4.78, 5) is 26.2. The van der Waals surface area contributed by atoms with Gasteiger partial charge in [0.05, 0.1) is 6.61 Å². The predicted octanol–water partition coefficient (Wildman–Crippen LogP) is 4.82. The number of fused-ring (bicyclic) bond motifs is 1. The Balaban J connectivity index is 2.25. The third-order valence-electron chi connectivity index (χ3n) is 5.59. The number of carbonyl (C=O) groups excluding carboxylic acids is 2. The van der Waals surface area contributed by atoms with Crippen LogP contribution in [0.5, 0.6) is 0 Å². The van der Waals surface area contributed by atoms with Crippen LogP contribution in [0.3, 0.4) is 0 Å². The molecular weight excluding hydrogens is 384 g/mol. The van der Waals surface area contributed by atoms with Crippen molar-refractivity contribution in [1.29, 1.82) is 0 Å². The van der Waals surface area contributed by atoms with Gasteiger partial charge in [-0.05, 0) is 61.7 Å². The Labute approximate surface area is 176 Å². The van der Waals surface area contributed by atoms with Crippen molar-refractivity contribution >= 4 is 20.3 Å². The molecule has 0 radical (unpaired) electrons. The zero-order chi connectivity index (χ0) is 22.2. The van der Waals surface area contributed by atoms with Crippen molar-refractivity contribution < 1.29 is 18.8 Å². The van der Waals surface area contributed by atoms with Gasteiger partial charge < -0.3 is 19.4 Å². The maximum absolute atomic E-state index is 12.4. The molecular formula is C22H36N2O4Si. The smallest absolute Gasteiger partial charge is 0.410 e. The Morgan fingerprint density at radius 1 is 1.17 bits per heavy atom. The summed E-state index contributed by atoms with van der Waals surface area (Å²) in [6, 6.07) is 3.97. The zero-order valence-electron chi connectivity index (χ0n) is 19.4. The molecule has 1 heterocycles. The number of ether oxygens (including phenoxy) is 1. The summed E-state index contributed by atoms with van der Waals surface area (Å²) in [6.07, 6.45) is -0.383. The van der Waals surface area contributed by atoms with E-state index in [2.05, 4.69) is 39.2 Å². The average molecular weight is 421 g/mol. The topological polar surface area (TPSA) is 67.9 Å². The van der Waals surface area contributed by atoms with Crippen LogP contribution in [0.4, 0.5) is 4.79 Å². The van der Waals surface area contributed by atoms with Crippen molar-refractivity contribution in [1.82, 2.24) is 10.2 Å². The summed E-state index contributed by atoms with van der Waals surface area (Å²) in [6.45, 7) is 17.9. The molecule has 2 rings (SSSR count). The lowest BCUT2D eigenvalue weighted by Crippen LogP contribution is -2.40. The van der Waals surface area contributed by atoms with Crippen molar-refractivity contribution in [2.75, 3.05) is 7.05 Å². The van der Waals surface area contributed by atoms with Gasteiger partial charge in [0.2, 0.25) is 0 Å². The van der Waals surface area contributed by atoms with E-state index in [-0.39, 0.29) is 17.0 Å². The molecule has 0 aliphatic carbocycles. The van der Waals surface area contributed by atoms with Gasteiger partial charge in [-0.2, -0.15) is 0 Å². The van der Waals surface area contributed by atoms with Crippen LogP contribution in [0.2, 0.25) is 18.1 Å². The minimum Gasteiger partial charge on any atom is -0.444 e. The minimum atomic E-state index is -1.91. The molecule has 1 aromatic carbocycles. The average Bonchev–Trinajstić information content (AvgIpc) is 2.92. The summed E-state index contributed by atoms with van der Waals surface area (Å²) in [7, 11) is -0.198. The minimum absolute atomic E-state index is 0.0738. The quantitative estimate of drug-likeness (QED) is 0.694. The molecule has 0 aromatic heterocycles. The molecule has 1 aromatic rings. The van der Waals surface area contributed by atoms with Gasteiger partial charge in [-0.3, -0.25) is 4.79 Å². The van der Waals surface area contributed by atoms with Crippen molar-refractivity contribution in [2.24, 2.45) is 0 Å². The highest BCUT2D eigenvalue weighted by atomic mass is 28.4. The Bertz CT molecular complexity index is 791. The highest BCUT2D eigenvalue weighted by Crippen LogP contribution is 2.37. The maximum atomic E-state index is 12.4. The lowest BCUT2D eigenvalue weighted by molar-refractivity contribution is 0.0284. The number of hydrogen-bond donors (Lipinski definition) is 1. The van der Waals surface area contributed by atoms with E-state index in [0.29, 0.717) is 25.3 Å². The second-order valence-corrected chi connectivity index (χ2v) is 15.2. The van der Waals surface area contributed by atoms with E-state index in [1.165, 1.54) is 0 Å². The number of carbonyl (C=O) groups is 2. The van der Waals surface area contributed by atoms with E-state index in [4.69, 9.17) is 9.16 Å². The Hall–Kier alpha value is -1.86. The molecule has 162 valence electrons. The summed E-state index contributed by atoms with van der Waals surface area (Å²) in [5.41, 5.74) is 2.97. The fraction of sp³-hybridized carbons (Fsp3) is 0.636. The molecule has 29 heavy (non-hydrogen) atoms. The second kappa shape index (κ2) is 8.11. The highest BCUT2D eigenvalue weighted by Gasteiger charge is 2.37. The molecule has 1 N–H and O–H groups in total. The fourth-order valence-corrected chi connectivity index (χ4v) is 3.80. The van der Waals surface area contributed by atoms with Crippen LogP contribution in [0, 0.1) is 0 Å². The van der Waals surface area contributed by atoms with Crippen LogP contribution in [0.25, 0.3) is 0 Å². The summed E-state index contributed by atoms with van der Waals surface area (Å²) in [5, 5.41) is 3.00. The molecule has 0 atom stereocenters. The van der Waals surface area contributed by atoms with Gasteiger partial charge in [-0.15, -0.1) is 0 Å². The van der Waals surface area contributed by atoms with Crippen molar-refractivity contribution in [2.45, 2.75) is 85.0 Å². The molecule has 2 amide bonds. The van der Waals surface area contributed by atoms with E-state index in [1.54, 1.807) is 11.9 Å². The molecule has 0 bridgehead atoms. The summed E-state index contributed by atoms with van der Waals surface area (Å²) < 4.78 is 11.8. The van der Waals surface area contributed by atoms with E-state index < -0.39 is 13.9 Å². The van der Waals surface area contributed by atoms with Crippen LogP contribution in [-0.2, 0) is 28.9 Å². The van der Waals surface area contributed by atoms with Gasteiger partial charge in [-0.1, -0.05) is 26.8 Å². The monoisotopic (exact) mass is 420 g/mol. The Morgan fingerprint density at radius 2 is 1.79 bits per heavy atom. The van der Waals surface area contributed by atoms with Gasteiger partial charge in [0.1, 0.15) is 5.60 Å². The number of hydrogen-bond acceptors (Lipinski definition) is 4. The molecule has 1 aliphatic heterocycles. The lowest BCUT2D eigenvalue weighted by atomic mass is 9.99. The Morgan fingerprint density at radius 3 is 2.34 bits per heavy atom. The highest BCUT2D eigenvalue weighted by molar-refractivity contribution is 6.74. The number of amides is 2. The van der Waals surface area contributed by atoms with Gasteiger partial charge in [-0.25, -0.2) is 4.79 Å². The van der Waals surface area contributed by atoms with Gasteiger partial charge in [0.25, 0.3) is 5.91 Å². The van der Waals surface area contributed by atoms with Gasteiger partial charge in [0, 0.05) is 25.7 Å². The number of nitrogens with one attached hydrogen (secondary N) is 1. The number of rotatable bonds is 5. The molecule has 0 unspecified atom stereocenters.